The molecule has 0 amide bonds. The third-order valence-corrected chi connectivity index (χ3v) is 5.65. The summed E-state index contributed by atoms with van der Waals surface area (Å²) in [7, 11) is 0. The molecule has 0 aromatic rings. The molecule has 0 bridgehead atoms. The Labute approximate surface area is 95.1 Å². The molecular weight excluding hydrogens is 208 g/mol. The van der Waals surface area contributed by atoms with Gasteiger partial charge in [-0.3, -0.25) is 0 Å². The molecule has 3 unspecified atom stereocenters. The number of hydrogen-bond acceptors (Lipinski definition) is 3. The lowest BCUT2D eigenvalue weighted by Gasteiger charge is -2.37. The molecule has 2 saturated heterocycles. The molecule has 3 rings (SSSR count). The lowest BCUT2D eigenvalue weighted by Crippen LogP contribution is -2.38. The number of rotatable bonds is 1. The molecule has 2 heterocycles. The van der Waals surface area contributed by atoms with Gasteiger partial charge < -0.3 is 9.53 Å². The van der Waals surface area contributed by atoms with Crippen molar-refractivity contribution in [2.24, 2.45) is 17.8 Å². The van der Waals surface area contributed by atoms with Gasteiger partial charge >= 0.3 is 0 Å². The Kier molecular flexibility index (Phi) is 2.56. The van der Waals surface area contributed by atoms with Crippen LogP contribution in [0.2, 0.25) is 0 Å². The highest BCUT2D eigenvalue weighted by atomic mass is 32.2. The summed E-state index contributed by atoms with van der Waals surface area (Å²) >= 11 is 2.09. The van der Waals surface area contributed by atoms with Crippen molar-refractivity contribution < 1.29 is 9.53 Å². The van der Waals surface area contributed by atoms with Gasteiger partial charge in [0.2, 0.25) is 0 Å². The predicted molar refractivity (Wildman–Crippen MR) is 61.0 cm³/mol. The van der Waals surface area contributed by atoms with Crippen molar-refractivity contribution in [3.63, 3.8) is 0 Å². The van der Waals surface area contributed by atoms with Gasteiger partial charge in [0.15, 0.2) is 0 Å². The first-order valence-electron chi connectivity index (χ1n) is 5.98. The van der Waals surface area contributed by atoms with Gasteiger partial charge in [-0.25, -0.2) is 0 Å². The molecule has 15 heavy (non-hydrogen) atoms. The van der Waals surface area contributed by atoms with E-state index in [4.69, 9.17) is 4.74 Å². The van der Waals surface area contributed by atoms with Crippen LogP contribution in [-0.2, 0) is 9.53 Å². The van der Waals surface area contributed by atoms with Gasteiger partial charge in [-0.2, -0.15) is 11.8 Å². The summed E-state index contributed by atoms with van der Waals surface area (Å²) in [5, 5.41) is 0. The number of carbonyl (C=O) groups excluding carboxylic acids is 1. The minimum Gasteiger partial charge on any atom is -0.375 e. The molecule has 0 aromatic carbocycles. The Hall–Kier alpha value is -0.0200. The number of hydrogen-bond donors (Lipinski definition) is 0. The van der Waals surface area contributed by atoms with Crippen LogP contribution < -0.4 is 0 Å². The Balaban J connectivity index is 1.72. The Bertz CT molecular complexity index is 254. The summed E-state index contributed by atoms with van der Waals surface area (Å²) in [6, 6.07) is 0. The van der Waals surface area contributed by atoms with Crippen molar-refractivity contribution in [3.8, 4) is 0 Å². The molecule has 1 saturated carbocycles. The quantitative estimate of drug-likeness (QED) is 0.641. The highest BCUT2D eigenvalue weighted by Crippen LogP contribution is 2.52. The fourth-order valence-corrected chi connectivity index (χ4v) is 5.12. The van der Waals surface area contributed by atoms with E-state index in [-0.39, 0.29) is 11.5 Å². The summed E-state index contributed by atoms with van der Waals surface area (Å²) in [5.74, 6) is 4.66. The number of carbonyl (C=O) groups is 1. The van der Waals surface area contributed by atoms with E-state index in [9.17, 15) is 4.79 Å². The lowest BCUT2D eigenvalue weighted by molar-refractivity contribution is -0.126. The molecule has 2 nitrogen and oxygen atoms in total. The number of aldehydes is 1. The van der Waals surface area contributed by atoms with Gasteiger partial charge in [0.25, 0.3) is 0 Å². The lowest BCUT2D eigenvalue weighted by atomic mass is 9.84. The van der Waals surface area contributed by atoms with Gasteiger partial charge in [0.05, 0.1) is 5.60 Å². The molecule has 0 N–H and O–H groups in total. The van der Waals surface area contributed by atoms with Crippen LogP contribution >= 0.6 is 11.8 Å². The first-order chi connectivity index (χ1) is 7.31. The Morgan fingerprint density at radius 1 is 1.20 bits per heavy atom. The van der Waals surface area contributed by atoms with Crippen LogP contribution in [0.5, 0.6) is 0 Å². The first kappa shape index (κ1) is 10.2. The molecule has 2 aliphatic heterocycles. The predicted octanol–water partition coefficient (Wildman–Crippen LogP) is 2.12. The normalized spacial score (nSPS) is 49.5. The third-order valence-electron chi connectivity index (χ3n) is 4.32. The molecular formula is C12H18O2S. The van der Waals surface area contributed by atoms with Gasteiger partial charge in [0, 0.05) is 12.5 Å². The van der Waals surface area contributed by atoms with Gasteiger partial charge in [0.1, 0.15) is 6.29 Å². The zero-order chi connectivity index (χ0) is 10.3. The summed E-state index contributed by atoms with van der Waals surface area (Å²) in [6.07, 6.45) is 5.51. The topological polar surface area (TPSA) is 26.3 Å². The van der Waals surface area contributed by atoms with Crippen molar-refractivity contribution >= 4 is 18.0 Å². The SMILES string of the molecule is O=CC1CCOC2(C1)CC1CSCC1C2. The second-order valence-corrected chi connectivity index (χ2v) is 6.46. The summed E-state index contributed by atoms with van der Waals surface area (Å²) in [5.41, 5.74) is 0.0974. The average molecular weight is 226 g/mol. The first-order valence-corrected chi connectivity index (χ1v) is 7.14. The molecule has 3 heteroatoms. The van der Waals surface area contributed by atoms with Crippen LogP contribution in [0.3, 0.4) is 0 Å². The van der Waals surface area contributed by atoms with Gasteiger partial charge in [-0.05, 0) is 49.0 Å². The van der Waals surface area contributed by atoms with E-state index in [1.807, 2.05) is 0 Å². The Morgan fingerprint density at radius 2 is 1.93 bits per heavy atom. The maximum atomic E-state index is 10.9. The number of ether oxygens (including phenoxy) is 1. The highest BCUT2D eigenvalue weighted by Gasteiger charge is 2.50. The fraction of sp³-hybridized carbons (Fsp3) is 0.917. The molecule has 1 aliphatic carbocycles. The van der Waals surface area contributed by atoms with Crippen molar-refractivity contribution in [2.45, 2.75) is 31.3 Å². The fourth-order valence-electron chi connectivity index (χ4n) is 3.60. The maximum absolute atomic E-state index is 10.9. The maximum Gasteiger partial charge on any atom is 0.123 e. The van der Waals surface area contributed by atoms with E-state index < -0.39 is 0 Å². The molecule has 84 valence electrons. The monoisotopic (exact) mass is 226 g/mol. The minimum absolute atomic E-state index is 0.0974. The van der Waals surface area contributed by atoms with Crippen molar-refractivity contribution in [1.29, 1.82) is 0 Å². The smallest absolute Gasteiger partial charge is 0.123 e. The van der Waals surface area contributed by atoms with Crippen LogP contribution in [0, 0.1) is 17.8 Å². The van der Waals surface area contributed by atoms with Crippen molar-refractivity contribution in [3.05, 3.63) is 0 Å². The standard InChI is InChI=1S/C12H18O2S/c13-6-9-1-2-14-12(3-9)4-10-7-15-8-11(10)5-12/h6,9-11H,1-5,7-8H2. The van der Waals surface area contributed by atoms with E-state index in [1.165, 1.54) is 24.3 Å². The molecule has 3 atom stereocenters. The molecule has 0 aromatic heterocycles. The van der Waals surface area contributed by atoms with E-state index in [0.717, 1.165) is 37.6 Å². The summed E-state index contributed by atoms with van der Waals surface area (Å²) < 4.78 is 6.03. The second-order valence-electron chi connectivity index (χ2n) is 5.39. The molecule has 0 radical (unpaired) electrons. The van der Waals surface area contributed by atoms with Crippen molar-refractivity contribution in [2.75, 3.05) is 18.1 Å². The molecule has 3 fully saturated rings. The summed E-state index contributed by atoms with van der Waals surface area (Å²) in [4.78, 5) is 10.9. The van der Waals surface area contributed by atoms with Crippen LogP contribution in [0.1, 0.15) is 25.7 Å². The molecule has 1 spiro atoms. The van der Waals surface area contributed by atoms with Crippen LogP contribution in [0.25, 0.3) is 0 Å². The summed E-state index contributed by atoms with van der Waals surface area (Å²) in [6.45, 7) is 0.802. The van der Waals surface area contributed by atoms with Gasteiger partial charge in [-0.1, -0.05) is 0 Å². The van der Waals surface area contributed by atoms with E-state index in [1.54, 1.807) is 0 Å². The number of thioether (sulfide) groups is 1. The van der Waals surface area contributed by atoms with E-state index in [0.29, 0.717) is 0 Å². The highest BCUT2D eigenvalue weighted by molar-refractivity contribution is 7.99. The average Bonchev–Trinajstić information content (AvgIpc) is 2.76. The minimum atomic E-state index is 0.0974. The van der Waals surface area contributed by atoms with Gasteiger partial charge in [-0.15, -0.1) is 0 Å². The largest absolute Gasteiger partial charge is 0.375 e. The Morgan fingerprint density at radius 3 is 2.60 bits per heavy atom. The van der Waals surface area contributed by atoms with E-state index in [2.05, 4.69) is 11.8 Å². The van der Waals surface area contributed by atoms with E-state index >= 15 is 0 Å². The number of fused-ring (bicyclic) bond motifs is 1. The zero-order valence-electron chi connectivity index (χ0n) is 8.98. The van der Waals surface area contributed by atoms with Crippen molar-refractivity contribution in [1.82, 2.24) is 0 Å². The third kappa shape index (κ3) is 1.74. The molecule has 3 aliphatic rings. The zero-order valence-corrected chi connectivity index (χ0v) is 9.80. The second kappa shape index (κ2) is 3.77. The van der Waals surface area contributed by atoms with Crippen LogP contribution in [0.4, 0.5) is 0 Å². The van der Waals surface area contributed by atoms with Crippen LogP contribution in [-0.4, -0.2) is 30.0 Å². The van der Waals surface area contributed by atoms with Crippen LogP contribution in [0.15, 0.2) is 0 Å².